The summed E-state index contributed by atoms with van der Waals surface area (Å²) in [5.41, 5.74) is 14.2. The Balaban J connectivity index is 1.48. The number of carbonyl (C=O) groups is 1. The highest BCUT2D eigenvalue weighted by Gasteiger charge is 2.47. The molecule has 12 heteroatoms. The van der Waals surface area contributed by atoms with Gasteiger partial charge >= 0.3 is 0 Å². The van der Waals surface area contributed by atoms with Crippen LogP contribution in [0.25, 0.3) is 17.2 Å². The van der Waals surface area contributed by atoms with E-state index in [4.69, 9.17) is 28.1 Å². The third-order valence-electron chi connectivity index (χ3n) is 6.73. The predicted octanol–water partition coefficient (Wildman–Crippen LogP) is 3.70. The number of nitrogens with two attached hydrogens (primary N) is 2. The standard InChI is InChI=1S/C26H20ClFN8O2/c1-26(13-5-6-15(27)18(37)9-13)20-21(30)33-22(34-23(20)35-25(26)38)17-11-36-19(29)10-31-24(36)16(32-17)8-12-3-2-4-14(28)7-12/h2-7,9-11,37H,8,29H2,1H3,(H3,30,33,34,35,38)/t26-/m0/s1. The van der Waals surface area contributed by atoms with Gasteiger partial charge in [0, 0.05) is 12.6 Å². The molecule has 5 aromatic rings. The smallest absolute Gasteiger partial charge is 0.240 e. The number of rotatable bonds is 4. The average molecular weight is 531 g/mol. The Morgan fingerprint density at radius 2 is 1.97 bits per heavy atom. The van der Waals surface area contributed by atoms with Gasteiger partial charge in [-0.3, -0.25) is 9.20 Å². The number of carbonyl (C=O) groups excluding carboxylic acids is 1. The number of hydrogen-bond acceptors (Lipinski definition) is 8. The molecule has 1 aliphatic heterocycles. The Morgan fingerprint density at radius 3 is 2.74 bits per heavy atom. The molecular formula is C26H20ClFN8O2. The van der Waals surface area contributed by atoms with E-state index < -0.39 is 5.41 Å². The van der Waals surface area contributed by atoms with E-state index in [1.165, 1.54) is 30.5 Å². The number of nitrogen functional groups attached to an aromatic ring is 2. The van der Waals surface area contributed by atoms with E-state index in [1.54, 1.807) is 35.7 Å². The monoisotopic (exact) mass is 530 g/mol. The molecule has 0 fully saturated rings. The van der Waals surface area contributed by atoms with Crippen molar-refractivity contribution in [1.82, 2.24) is 24.3 Å². The molecule has 3 aromatic heterocycles. The van der Waals surface area contributed by atoms with Crippen molar-refractivity contribution < 1.29 is 14.3 Å². The number of amides is 1. The van der Waals surface area contributed by atoms with Crippen LogP contribution in [0.4, 0.5) is 21.8 Å². The van der Waals surface area contributed by atoms with Crippen LogP contribution in [0.5, 0.6) is 5.75 Å². The Morgan fingerprint density at radius 1 is 1.16 bits per heavy atom. The first-order chi connectivity index (χ1) is 18.1. The second-order valence-electron chi connectivity index (χ2n) is 9.16. The predicted molar refractivity (Wildman–Crippen MR) is 140 cm³/mol. The number of benzene rings is 2. The van der Waals surface area contributed by atoms with Crippen molar-refractivity contribution in [2.45, 2.75) is 18.8 Å². The van der Waals surface area contributed by atoms with Gasteiger partial charge in [0.15, 0.2) is 11.5 Å². The number of imidazole rings is 1. The van der Waals surface area contributed by atoms with Crippen molar-refractivity contribution in [1.29, 1.82) is 0 Å². The fraction of sp³-hybridized carbons (Fsp3) is 0.115. The summed E-state index contributed by atoms with van der Waals surface area (Å²) in [6.45, 7) is 1.67. The van der Waals surface area contributed by atoms with Gasteiger partial charge in [-0.05, 0) is 42.3 Å². The minimum absolute atomic E-state index is 0.0625. The number of nitrogens with zero attached hydrogens (tertiary/aromatic N) is 5. The zero-order valence-electron chi connectivity index (χ0n) is 19.9. The third-order valence-corrected chi connectivity index (χ3v) is 7.05. The van der Waals surface area contributed by atoms with E-state index in [-0.39, 0.29) is 46.4 Å². The molecular weight excluding hydrogens is 511 g/mol. The molecule has 1 aliphatic rings. The highest BCUT2D eigenvalue weighted by atomic mass is 35.5. The van der Waals surface area contributed by atoms with Gasteiger partial charge in [0.25, 0.3) is 0 Å². The maximum Gasteiger partial charge on any atom is 0.240 e. The molecule has 4 heterocycles. The molecule has 38 heavy (non-hydrogen) atoms. The molecule has 190 valence electrons. The van der Waals surface area contributed by atoms with Gasteiger partial charge in [0.2, 0.25) is 5.91 Å². The quantitative estimate of drug-likeness (QED) is 0.274. The zero-order chi connectivity index (χ0) is 26.8. The molecule has 0 spiro atoms. The normalized spacial score (nSPS) is 16.6. The van der Waals surface area contributed by atoms with Crippen molar-refractivity contribution in [3.05, 3.63) is 88.1 Å². The molecule has 1 atom stereocenters. The van der Waals surface area contributed by atoms with Gasteiger partial charge in [0.1, 0.15) is 40.1 Å². The van der Waals surface area contributed by atoms with Crippen LogP contribution in [0.1, 0.15) is 29.3 Å². The van der Waals surface area contributed by atoms with Crippen LogP contribution >= 0.6 is 11.6 Å². The van der Waals surface area contributed by atoms with Crippen LogP contribution < -0.4 is 16.8 Å². The minimum Gasteiger partial charge on any atom is -0.506 e. The Hall–Kier alpha value is -4.77. The van der Waals surface area contributed by atoms with Gasteiger partial charge in [-0.1, -0.05) is 29.8 Å². The summed E-state index contributed by atoms with van der Waals surface area (Å²) in [4.78, 5) is 31.3. The number of nitrogens with one attached hydrogen (secondary N) is 1. The SMILES string of the molecule is C[C@@]1(c2ccc(Cl)c(O)c2)C(=O)Nc2nc(-c3cn4c(N)cnc4c(Cc4cccc(F)c4)n3)nc(N)c21. The lowest BCUT2D eigenvalue weighted by molar-refractivity contribution is -0.119. The number of fused-ring (bicyclic) bond motifs is 2. The highest BCUT2D eigenvalue weighted by molar-refractivity contribution is 6.32. The second kappa shape index (κ2) is 8.38. The second-order valence-corrected chi connectivity index (χ2v) is 9.56. The van der Waals surface area contributed by atoms with Gasteiger partial charge in [-0.2, -0.15) is 0 Å². The average Bonchev–Trinajstić information content (AvgIpc) is 3.38. The summed E-state index contributed by atoms with van der Waals surface area (Å²) in [5, 5.41) is 13.1. The van der Waals surface area contributed by atoms with E-state index in [1.807, 2.05) is 0 Å². The molecule has 0 bridgehead atoms. The number of hydrogen-bond donors (Lipinski definition) is 4. The third kappa shape index (κ3) is 3.58. The van der Waals surface area contributed by atoms with Crippen LogP contribution in [-0.2, 0) is 16.6 Å². The molecule has 0 radical (unpaired) electrons. The molecule has 0 aliphatic carbocycles. The van der Waals surface area contributed by atoms with Crippen molar-refractivity contribution in [2.24, 2.45) is 0 Å². The first-order valence-electron chi connectivity index (χ1n) is 11.5. The van der Waals surface area contributed by atoms with E-state index in [2.05, 4.69) is 20.3 Å². The molecule has 6 rings (SSSR count). The van der Waals surface area contributed by atoms with E-state index in [9.17, 15) is 14.3 Å². The molecule has 0 saturated carbocycles. The van der Waals surface area contributed by atoms with Crippen LogP contribution in [0.15, 0.2) is 54.9 Å². The first kappa shape index (κ1) is 23.6. The summed E-state index contributed by atoms with van der Waals surface area (Å²) >= 11 is 5.96. The van der Waals surface area contributed by atoms with Gasteiger partial charge in [0.05, 0.1) is 22.5 Å². The number of phenols is 1. The van der Waals surface area contributed by atoms with Crippen LogP contribution in [0.2, 0.25) is 5.02 Å². The van der Waals surface area contributed by atoms with Gasteiger partial charge in [-0.25, -0.2) is 24.3 Å². The zero-order valence-corrected chi connectivity index (χ0v) is 20.7. The fourth-order valence-electron chi connectivity index (χ4n) is 4.76. The Labute approximate surface area is 220 Å². The van der Waals surface area contributed by atoms with Crippen LogP contribution in [-0.4, -0.2) is 35.4 Å². The lowest BCUT2D eigenvalue weighted by Crippen LogP contribution is -2.32. The molecule has 2 aromatic carbocycles. The van der Waals surface area contributed by atoms with Crippen molar-refractivity contribution in [3.63, 3.8) is 0 Å². The highest BCUT2D eigenvalue weighted by Crippen LogP contribution is 2.46. The molecule has 1 amide bonds. The minimum atomic E-state index is -1.27. The summed E-state index contributed by atoms with van der Waals surface area (Å²) in [6, 6.07) is 10.8. The van der Waals surface area contributed by atoms with Crippen molar-refractivity contribution >= 4 is 40.6 Å². The number of halogens is 2. The van der Waals surface area contributed by atoms with Gasteiger partial charge < -0.3 is 21.9 Å². The van der Waals surface area contributed by atoms with E-state index in [0.717, 1.165) is 0 Å². The lowest BCUT2D eigenvalue weighted by Gasteiger charge is -2.23. The topological polar surface area (TPSA) is 157 Å². The Bertz CT molecular complexity index is 1790. The molecule has 0 saturated heterocycles. The largest absolute Gasteiger partial charge is 0.506 e. The molecule has 6 N–H and O–H groups in total. The van der Waals surface area contributed by atoms with Gasteiger partial charge in [-0.15, -0.1) is 0 Å². The Kier molecular flexibility index (Phi) is 5.21. The lowest BCUT2D eigenvalue weighted by atomic mass is 9.77. The molecule has 0 unspecified atom stereocenters. The number of phenolic OH excluding ortho intramolecular Hbond substituents is 1. The number of aromatic hydroxyl groups is 1. The van der Waals surface area contributed by atoms with E-state index in [0.29, 0.717) is 39.5 Å². The maximum atomic E-state index is 13.8. The van der Waals surface area contributed by atoms with E-state index >= 15 is 0 Å². The number of anilines is 3. The summed E-state index contributed by atoms with van der Waals surface area (Å²) in [7, 11) is 0. The summed E-state index contributed by atoms with van der Waals surface area (Å²) in [6.07, 6.45) is 3.41. The number of aromatic nitrogens is 5. The summed E-state index contributed by atoms with van der Waals surface area (Å²) < 4.78 is 15.5. The molecule has 10 nitrogen and oxygen atoms in total. The first-order valence-corrected chi connectivity index (χ1v) is 11.9. The van der Waals surface area contributed by atoms with Crippen molar-refractivity contribution in [2.75, 3.05) is 16.8 Å². The fourth-order valence-corrected chi connectivity index (χ4v) is 4.88. The van der Waals surface area contributed by atoms with Crippen LogP contribution in [0.3, 0.4) is 0 Å². The maximum absolute atomic E-state index is 13.8. The van der Waals surface area contributed by atoms with Crippen molar-refractivity contribution in [3.8, 4) is 17.3 Å². The summed E-state index contributed by atoms with van der Waals surface area (Å²) in [5.74, 6) is -0.110. The van der Waals surface area contributed by atoms with Crippen LogP contribution in [0, 0.1) is 5.82 Å².